The first-order valence-corrected chi connectivity index (χ1v) is 8.90. The maximum Gasteiger partial charge on any atom is 0.246 e. The first-order valence-electron chi connectivity index (χ1n) is 7.32. The number of hydrogen-bond acceptors (Lipinski definition) is 4. The highest BCUT2D eigenvalue weighted by molar-refractivity contribution is 7.18. The van der Waals surface area contributed by atoms with Crippen LogP contribution in [0.5, 0.6) is 0 Å². The van der Waals surface area contributed by atoms with Gasteiger partial charge in [0.1, 0.15) is 6.04 Å². The number of nitrogens with one attached hydrogen (secondary N) is 2. The molecule has 0 aliphatic carbocycles. The fourth-order valence-corrected chi connectivity index (χ4v) is 3.50. The Bertz CT molecular complexity index is 910. The van der Waals surface area contributed by atoms with Gasteiger partial charge in [-0.3, -0.25) is 4.79 Å². The van der Waals surface area contributed by atoms with E-state index in [9.17, 15) is 4.79 Å². The van der Waals surface area contributed by atoms with E-state index in [0.717, 1.165) is 20.9 Å². The Kier molecular flexibility index (Phi) is 4.94. The summed E-state index contributed by atoms with van der Waals surface area (Å²) in [5, 5.41) is 7.73. The molecule has 0 radical (unpaired) electrons. The zero-order valence-electron chi connectivity index (χ0n) is 13.1. The van der Waals surface area contributed by atoms with E-state index in [-0.39, 0.29) is 5.91 Å². The highest BCUT2D eigenvalue weighted by Crippen LogP contribution is 2.30. The van der Waals surface area contributed by atoms with Crippen LogP contribution in [0.25, 0.3) is 10.2 Å². The summed E-state index contributed by atoms with van der Waals surface area (Å²) < 4.78 is 1.09. The Labute approximate surface area is 153 Å². The van der Waals surface area contributed by atoms with Gasteiger partial charge in [-0.25, -0.2) is 4.98 Å². The third-order valence-electron chi connectivity index (χ3n) is 3.48. The lowest BCUT2D eigenvalue weighted by atomic mass is 10.2. The Morgan fingerprint density at radius 1 is 1.25 bits per heavy atom. The Morgan fingerprint density at radius 2 is 2.04 bits per heavy atom. The number of carbonyl (C=O) groups excluding carboxylic acids is 1. The number of halogens is 2. The van der Waals surface area contributed by atoms with Crippen LogP contribution >= 0.6 is 34.5 Å². The number of amides is 1. The average molecular weight is 380 g/mol. The Balaban J connectivity index is 1.71. The van der Waals surface area contributed by atoms with Crippen LogP contribution in [0.1, 0.15) is 11.9 Å². The van der Waals surface area contributed by atoms with Crippen molar-refractivity contribution >= 4 is 62.0 Å². The van der Waals surface area contributed by atoms with Crippen LogP contribution in [0.15, 0.2) is 36.4 Å². The van der Waals surface area contributed by atoms with Crippen molar-refractivity contribution in [1.29, 1.82) is 0 Å². The van der Waals surface area contributed by atoms with E-state index in [0.29, 0.717) is 15.7 Å². The van der Waals surface area contributed by atoms with Gasteiger partial charge in [0.05, 0.1) is 31.0 Å². The number of thiazole rings is 1. The molecule has 24 heavy (non-hydrogen) atoms. The molecule has 0 aliphatic rings. The molecule has 3 aromatic rings. The van der Waals surface area contributed by atoms with Crippen molar-refractivity contribution in [3.63, 3.8) is 0 Å². The molecule has 2 aromatic carbocycles. The maximum atomic E-state index is 12.4. The number of aromatic nitrogens is 1. The number of hydrogen-bond donors (Lipinski definition) is 2. The van der Waals surface area contributed by atoms with Crippen LogP contribution in [0.4, 0.5) is 11.4 Å². The molecule has 4 nitrogen and oxygen atoms in total. The molecular weight excluding hydrogens is 365 g/mol. The van der Waals surface area contributed by atoms with Gasteiger partial charge in [0.15, 0.2) is 0 Å². The fraction of sp³-hybridized carbons (Fsp3) is 0.176. The first-order chi connectivity index (χ1) is 11.4. The highest BCUT2D eigenvalue weighted by atomic mass is 35.5. The van der Waals surface area contributed by atoms with Crippen molar-refractivity contribution in [3.05, 3.63) is 51.5 Å². The summed E-state index contributed by atoms with van der Waals surface area (Å²) in [4.78, 5) is 16.8. The minimum atomic E-state index is -0.438. The number of aryl methyl sites for hydroxylation is 1. The maximum absolute atomic E-state index is 12.4. The van der Waals surface area contributed by atoms with Crippen LogP contribution in [0.2, 0.25) is 10.0 Å². The largest absolute Gasteiger partial charge is 0.374 e. The molecule has 1 aromatic heterocycles. The number of anilines is 2. The summed E-state index contributed by atoms with van der Waals surface area (Å²) in [6.07, 6.45) is 0. The quantitative estimate of drug-likeness (QED) is 0.642. The smallest absolute Gasteiger partial charge is 0.246 e. The summed E-state index contributed by atoms with van der Waals surface area (Å²) >= 11 is 13.7. The fourth-order valence-electron chi connectivity index (χ4n) is 2.29. The second-order valence-corrected chi connectivity index (χ2v) is 7.39. The van der Waals surface area contributed by atoms with E-state index in [1.165, 1.54) is 0 Å². The van der Waals surface area contributed by atoms with Gasteiger partial charge in [0.2, 0.25) is 5.91 Å². The van der Waals surface area contributed by atoms with Crippen molar-refractivity contribution in [2.24, 2.45) is 0 Å². The normalized spacial score (nSPS) is 12.2. The molecule has 1 heterocycles. The molecule has 0 bridgehead atoms. The van der Waals surface area contributed by atoms with Crippen molar-refractivity contribution < 1.29 is 4.79 Å². The van der Waals surface area contributed by atoms with Gasteiger partial charge in [0, 0.05) is 5.69 Å². The van der Waals surface area contributed by atoms with Gasteiger partial charge >= 0.3 is 0 Å². The van der Waals surface area contributed by atoms with Crippen molar-refractivity contribution in [3.8, 4) is 0 Å². The van der Waals surface area contributed by atoms with Gasteiger partial charge in [-0.1, -0.05) is 29.3 Å². The summed E-state index contributed by atoms with van der Waals surface area (Å²) in [6.45, 7) is 3.76. The molecule has 7 heteroatoms. The SMILES string of the molecule is Cc1nc2ccc(NC(C)C(=O)Nc3cccc(Cl)c3Cl)cc2s1. The van der Waals surface area contributed by atoms with E-state index in [1.807, 2.05) is 25.1 Å². The van der Waals surface area contributed by atoms with Gasteiger partial charge in [0.25, 0.3) is 0 Å². The zero-order chi connectivity index (χ0) is 17.3. The van der Waals surface area contributed by atoms with E-state index in [1.54, 1.807) is 36.5 Å². The van der Waals surface area contributed by atoms with Crippen LogP contribution < -0.4 is 10.6 Å². The Morgan fingerprint density at radius 3 is 2.83 bits per heavy atom. The monoisotopic (exact) mass is 379 g/mol. The van der Waals surface area contributed by atoms with Crippen LogP contribution in [-0.2, 0) is 4.79 Å². The molecule has 0 aliphatic heterocycles. The third-order valence-corrected chi connectivity index (χ3v) is 5.23. The predicted molar refractivity (Wildman–Crippen MR) is 103 cm³/mol. The number of fused-ring (bicyclic) bond motifs is 1. The van der Waals surface area contributed by atoms with Gasteiger partial charge < -0.3 is 10.6 Å². The van der Waals surface area contributed by atoms with Crippen LogP contribution in [0.3, 0.4) is 0 Å². The average Bonchev–Trinajstić information content (AvgIpc) is 2.91. The molecule has 1 unspecified atom stereocenters. The molecule has 0 spiro atoms. The number of carbonyl (C=O) groups is 1. The van der Waals surface area contributed by atoms with Gasteiger partial charge in [-0.05, 0) is 44.2 Å². The number of benzene rings is 2. The topological polar surface area (TPSA) is 54.0 Å². The lowest BCUT2D eigenvalue weighted by Crippen LogP contribution is -2.31. The van der Waals surface area contributed by atoms with Crippen molar-refractivity contribution in [2.75, 3.05) is 10.6 Å². The molecule has 2 N–H and O–H groups in total. The van der Waals surface area contributed by atoms with Crippen LogP contribution in [0, 0.1) is 6.92 Å². The van der Waals surface area contributed by atoms with Crippen molar-refractivity contribution in [2.45, 2.75) is 19.9 Å². The standard InChI is InChI=1S/C17H15Cl2N3OS/c1-9(17(23)22-14-5-3-4-12(18)16(14)19)20-11-6-7-13-15(8-11)24-10(2)21-13/h3-9,20H,1-2H3,(H,22,23). The van der Waals surface area contributed by atoms with Crippen molar-refractivity contribution in [1.82, 2.24) is 4.98 Å². The minimum Gasteiger partial charge on any atom is -0.374 e. The van der Waals surface area contributed by atoms with Gasteiger partial charge in [-0.15, -0.1) is 11.3 Å². The minimum absolute atomic E-state index is 0.195. The Hall–Kier alpha value is -1.82. The lowest BCUT2D eigenvalue weighted by Gasteiger charge is -2.16. The first kappa shape index (κ1) is 17.0. The lowest BCUT2D eigenvalue weighted by molar-refractivity contribution is -0.116. The zero-order valence-corrected chi connectivity index (χ0v) is 15.4. The molecular formula is C17H15Cl2N3OS. The number of rotatable bonds is 4. The molecule has 1 atom stereocenters. The third kappa shape index (κ3) is 3.64. The predicted octanol–water partition coefficient (Wildman–Crippen LogP) is 5.35. The molecule has 3 rings (SSSR count). The molecule has 124 valence electrons. The highest BCUT2D eigenvalue weighted by Gasteiger charge is 2.15. The summed E-state index contributed by atoms with van der Waals surface area (Å²) in [6, 6.07) is 10.5. The van der Waals surface area contributed by atoms with Crippen LogP contribution in [-0.4, -0.2) is 16.9 Å². The molecule has 0 saturated heterocycles. The van der Waals surface area contributed by atoms with E-state index >= 15 is 0 Å². The summed E-state index contributed by atoms with van der Waals surface area (Å²) in [5.41, 5.74) is 2.33. The van der Waals surface area contributed by atoms with E-state index in [2.05, 4.69) is 15.6 Å². The van der Waals surface area contributed by atoms with E-state index < -0.39 is 6.04 Å². The second kappa shape index (κ2) is 6.97. The molecule has 1 amide bonds. The van der Waals surface area contributed by atoms with E-state index in [4.69, 9.17) is 23.2 Å². The summed E-state index contributed by atoms with van der Waals surface area (Å²) in [7, 11) is 0. The molecule has 0 saturated carbocycles. The summed E-state index contributed by atoms with van der Waals surface area (Å²) in [5.74, 6) is -0.195. The van der Waals surface area contributed by atoms with Gasteiger partial charge in [-0.2, -0.15) is 0 Å². The number of nitrogens with zero attached hydrogens (tertiary/aromatic N) is 1. The second-order valence-electron chi connectivity index (χ2n) is 5.37. The molecule has 0 fully saturated rings.